The molecule has 2 N–H and O–H groups in total. The van der Waals surface area contributed by atoms with Gasteiger partial charge in [0.25, 0.3) is 5.91 Å². The number of benzene rings is 1. The number of nitrogens with zero attached hydrogens (tertiary/aromatic N) is 2. The minimum atomic E-state index is -0.281. The van der Waals surface area contributed by atoms with E-state index in [1.165, 1.54) is 0 Å². The van der Waals surface area contributed by atoms with Gasteiger partial charge in [-0.2, -0.15) is 0 Å². The van der Waals surface area contributed by atoms with Crippen LogP contribution in [0.5, 0.6) is 0 Å². The summed E-state index contributed by atoms with van der Waals surface area (Å²) in [6.45, 7) is 6.19. The molecule has 0 atom stereocenters. The van der Waals surface area contributed by atoms with Gasteiger partial charge < -0.3 is 10.6 Å². The van der Waals surface area contributed by atoms with Gasteiger partial charge in [-0.3, -0.25) is 4.79 Å². The van der Waals surface area contributed by atoms with Crippen molar-refractivity contribution in [3.05, 3.63) is 60.3 Å². The van der Waals surface area contributed by atoms with Gasteiger partial charge in [-0.05, 0) is 31.2 Å². The average Bonchev–Trinajstić information content (AvgIpc) is 2.48. The number of aromatic nitrogens is 2. The SMILES string of the molecule is C=CCNc1ccc(C(=O)Nc2ccc(C)cc2)nn1. The molecule has 1 heterocycles. The predicted octanol–water partition coefficient (Wildman–Crippen LogP) is 2.64. The Morgan fingerprint density at radius 2 is 1.95 bits per heavy atom. The minimum Gasteiger partial charge on any atom is -0.365 e. The number of amides is 1. The van der Waals surface area contributed by atoms with E-state index in [1.807, 2.05) is 31.2 Å². The van der Waals surface area contributed by atoms with Gasteiger partial charge in [0.1, 0.15) is 5.82 Å². The second-order valence-electron chi connectivity index (χ2n) is 4.29. The van der Waals surface area contributed by atoms with Gasteiger partial charge in [0.2, 0.25) is 0 Å². The maximum absolute atomic E-state index is 12.0. The lowest BCUT2D eigenvalue weighted by Gasteiger charge is -2.05. The molecule has 0 aliphatic rings. The largest absolute Gasteiger partial charge is 0.365 e. The smallest absolute Gasteiger partial charge is 0.276 e. The molecule has 1 aromatic carbocycles. The Labute approximate surface area is 117 Å². The van der Waals surface area contributed by atoms with Gasteiger partial charge in [0, 0.05) is 12.2 Å². The molecule has 1 aromatic heterocycles. The van der Waals surface area contributed by atoms with Crippen LogP contribution in [0.1, 0.15) is 16.1 Å². The Balaban J connectivity index is 2.01. The lowest BCUT2D eigenvalue weighted by Crippen LogP contribution is -2.14. The predicted molar refractivity (Wildman–Crippen MR) is 79.9 cm³/mol. The van der Waals surface area contributed by atoms with Crippen molar-refractivity contribution in [2.45, 2.75) is 6.92 Å². The normalized spacial score (nSPS) is 9.85. The molecular weight excluding hydrogens is 252 g/mol. The molecule has 5 nitrogen and oxygen atoms in total. The zero-order chi connectivity index (χ0) is 14.4. The summed E-state index contributed by atoms with van der Waals surface area (Å²) < 4.78 is 0. The van der Waals surface area contributed by atoms with Crippen molar-refractivity contribution in [3.8, 4) is 0 Å². The van der Waals surface area contributed by atoms with Crippen molar-refractivity contribution in [1.82, 2.24) is 10.2 Å². The summed E-state index contributed by atoms with van der Waals surface area (Å²) in [5.74, 6) is 0.327. The number of carbonyl (C=O) groups is 1. The summed E-state index contributed by atoms with van der Waals surface area (Å²) >= 11 is 0. The van der Waals surface area contributed by atoms with Crippen molar-refractivity contribution < 1.29 is 4.79 Å². The molecule has 0 saturated carbocycles. The molecule has 1 amide bonds. The fourth-order valence-electron chi connectivity index (χ4n) is 1.56. The average molecular weight is 268 g/mol. The molecule has 5 heteroatoms. The fraction of sp³-hybridized carbons (Fsp3) is 0.133. The molecular formula is C15H16N4O. The van der Waals surface area contributed by atoms with Gasteiger partial charge in [0.15, 0.2) is 5.69 Å². The summed E-state index contributed by atoms with van der Waals surface area (Å²) in [7, 11) is 0. The Hall–Kier alpha value is -2.69. The monoisotopic (exact) mass is 268 g/mol. The fourth-order valence-corrected chi connectivity index (χ4v) is 1.56. The number of hydrogen-bond donors (Lipinski definition) is 2. The van der Waals surface area contributed by atoms with Crippen molar-refractivity contribution in [2.75, 3.05) is 17.2 Å². The number of aryl methyl sites for hydroxylation is 1. The number of nitrogens with one attached hydrogen (secondary N) is 2. The first-order chi connectivity index (χ1) is 9.69. The Kier molecular flexibility index (Phi) is 4.44. The van der Waals surface area contributed by atoms with E-state index in [1.54, 1.807) is 18.2 Å². The molecule has 0 fully saturated rings. The van der Waals surface area contributed by atoms with Crippen molar-refractivity contribution in [2.24, 2.45) is 0 Å². The highest BCUT2D eigenvalue weighted by Crippen LogP contribution is 2.10. The second-order valence-corrected chi connectivity index (χ2v) is 4.29. The number of rotatable bonds is 5. The van der Waals surface area contributed by atoms with Crippen molar-refractivity contribution in [1.29, 1.82) is 0 Å². The third kappa shape index (κ3) is 3.65. The third-order valence-corrected chi connectivity index (χ3v) is 2.63. The van der Waals surface area contributed by atoms with Crippen LogP contribution in [0.4, 0.5) is 11.5 Å². The van der Waals surface area contributed by atoms with Crippen LogP contribution in [0.2, 0.25) is 0 Å². The quantitative estimate of drug-likeness (QED) is 0.818. The molecule has 0 spiro atoms. The Bertz CT molecular complexity index is 590. The number of hydrogen-bond acceptors (Lipinski definition) is 4. The van der Waals surface area contributed by atoms with Crippen molar-refractivity contribution in [3.63, 3.8) is 0 Å². The number of anilines is 2. The van der Waals surface area contributed by atoms with Crippen LogP contribution in [0.15, 0.2) is 49.1 Å². The van der Waals surface area contributed by atoms with Crippen LogP contribution >= 0.6 is 0 Å². The summed E-state index contributed by atoms with van der Waals surface area (Å²) in [6, 6.07) is 10.9. The maximum Gasteiger partial charge on any atom is 0.276 e. The summed E-state index contributed by atoms with van der Waals surface area (Å²) in [4.78, 5) is 12.0. The first kappa shape index (κ1) is 13.7. The third-order valence-electron chi connectivity index (χ3n) is 2.63. The lowest BCUT2D eigenvalue weighted by molar-refractivity contribution is 0.102. The van der Waals surface area contributed by atoms with Crippen molar-refractivity contribution >= 4 is 17.4 Å². The van der Waals surface area contributed by atoms with Crippen LogP contribution in [0, 0.1) is 6.92 Å². The molecule has 20 heavy (non-hydrogen) atoms. The van der Waals surface area contributed by atoms with Gasteiger partial charge >= 0.3 is 0 Å². The molecule has 0 aliphatic carbocycles. The molecule has 0 aliphatic heterocycles. The molecule has 2 rings (SSSR count). The van der Waals surface area contributed by atoms with Crippen LogP contribution in [-0.4, -0.2) is 22.6 Å². The van der Waals surface area contributed by atoms with Gasteiger partial charge in [-0.15, -0.1) is 16.8 Å². The molecule has 0 saturated heterocycles. The molecule has 102 valence electrons. The molecule has 0 radical (unpaired) electrons. The van der Waals surface area contributed by atoms with Crippen LogP contribution in [0.3, 0.4) is 0 Å². The summed E-state index contributed by atoms with van der Waals surface area (Å²) in [5.41, 5.74) is 2.14. The standard InChI is InChI=1S/C15H16N4O/c1-3-10-16-14-9-8-13(18-19-14)15(20)17-12-6-4-11(2)5-7-12/h3-9H,1,10H2,2H3,(H,16,19)(H,17,20). The highest BCUT2D eigenvalue weighted by molar-refractivity contribution is 6.02. The zero-order valence-corrected chi connectivity index (χ0v) is 11.3. The van der Waals surface area contributed by atoms with E-state index in [-0.39, 0.29) is 11.6 Å². The van der Waals surface area contributed by atoms with Crippen LogP contribution in [-0.2, 0) is 0 Å². The topological polar surface area (TPSA) is 66.9 Å². The van der Waals surface area contributed by atoms with E-state index in [9.17, 15) is 4.79 Å². The highest BCUT2D eigenvalue weighted by atomic mass is 16.1. The molecule has 0 bridgehead atoms. The van der Waals surface area contributed by atoms with E-state index in [0.717, 1.165) is 11.3 Å². The summed E-state index contributed by atoms with van der Waals surface area (Å²) in [6.07, 6.45) is 1.72. The van der Waals surface area contributed by atoms with Gasteiger partial charge in [-0.25, -0.2) is 0 Å². The first-order valence-electron chi connectivity index (χ1n) is 6.25. The van der Waals surface area contributed by atoms with E-state index in [2.05, 4.69) is 27.4 Å². The van der Waals surface area contributed by atoms with Gasteiger partial charge in [-0.1, -0.05) is 23.8 Å². The summed E-state index contributed by atoms with van der Waals surface area (Å²) in [5, 5.41) is 13.6. The Morgan fingerprint density at radius 3 is 2.55 bits per heavy atom. The number of carbonyl (C=O) groups excluding carboxylic acids is 1. The van der Waals surface area contributed by atoms with Gasteiger partial charge in [0.05, 0.1) is 0 Å². The van der Waals surface area contributed by atoms with E-state index < -0.39 is 0 Å². The van der Waals surface area contributed by atoms with Crippen LogP contribution in [0.25, 0.3) is 0 Å². The molecule has 0 unspecified atom stereocenters. The van der Waals surface area contributed by atoms with Crippen LogP contribution < -0.4 is 10.6 Å². The second kappa shape index (κ2) is 6.47. The van der Waals surface area contributed by atoms with E-state index in [0.29, 0.717) is 12.4 Å². The zero-order valence-electron chi connectivity index (χ0n) is 11.3. The van der Waals surface area contributed by atoms with E-state index >= 15 is 0 Å². The highest BCUT2D eigenvalue weighted by Gasteiger charge is 2.08. The first-order valence-corrected chi connectivity index (χ1v) is 6.25. The lowest BCUT2D eigenvalue weighted by atomic mass is 10.2. The maximum atomic E-state index is 12.0. The molecule has 2 aromatic rings. The minimum absolute atomic E-state index is 0.273. The Morgan fingerprint density at radius 1 is 1.20 bits per heavy atom. The van der Waals surface area contributed by atoms with E-state index in [4.69, 9.17) is 0 Å².